The minimum atomic E-state index is -1.13. The van der Waals surface area contributed by atoms with Gasteiger partial charge in [-0.25, -0.2) is 9.18 Å². The zero-order valence-electron chi connectivity index (χ0n) is 8.11. The number of nitrogens with zero attached hydrogens (tertiary/aromatic N) is 1. The van der Waals surface area contributed by atoms with Crippen LogP contribution in [0.2, 0.25) is 0 Å². The number of carbonyl (C=O) groups excluding carboxylic acids is 1. The quantitative estimate of drug-likeness (QED) is 0.775. The van der Waals surface area contributed by atoms with Gasteiger partial charge in [0.2, 0.25) is 0 Å². The lowest BCUT2D eigenvalue weighted by molar-refractivity contribution is 0.111. The predicted molar refractivity (Wildman–Crippen MR) is 51.3 cm³/mol. The van der Waals surface area contributed by atoms with E-state index in [-0.39, 0.29) is 12.1 Å². The molecule has 0 spiro atoms. The van der Waals surface area contributed by atoms with Gasteiger partial charge in [0.25, 0.3) is 0 Å². The van der Waals surface area contributed by atoms with Crippen LogP contribution < -0.4 is 0 Å². The van der Waals surface area contributed by atoms with Crippen LogP contribution in [0.5, 0.6) is 0 Å². The summed E-state index contributed by atoms with van der Waals surface area (Å²) in [5, 5.41) is 8.62. The Bertz CT molecular complexity index is 392. The van der Waals surface area contributed by atoms with E-state index in [1.807, 2.05) is 0 Å². The van der Waals surface area contributed by atoms with E-state index in [0.717, 1.165) is 11.0 Å². The van der Waals surface area contributed by atoms with E-state index in [1.54, 1.807) is 0 Å². The Labute approximate surface area is 85.9 Å². The topological polar surface area (TPSA) is 57.6 Å². The fourth-order valence-corrected chi connectivity index (χ4v) is 1.17. The summed E-state index contributed by atoms with van der Waals surface area (Å²) in [6.07, 6.45) is -0.739. The molecule has 0 bridgehead atoms. The van der Waals surface area contributed by atoms with Crippen molar-refractivity contribution >= 4 is 12.4 Å². The third-order valence-corrected chi connectivity index (χ3v) is 2.00. The number of hydrogen-bond acceptors (Lipinski definition) is 2. The van der Waals surface area contributed by atoms with E-state index in [0.29, 0.717) is 11.8 Å². The highest BCUT2D eigenvalue weighted by molar-refractivity contribution is 5.78. The van der Waals surface area contributed by atoms with E-state index in [2.05, 4.69) is 0 Å². The van der Waals surface area contributed by atoms with Crippen molar-refractivity contribution < 1.29 is 19.1 Å². The highest BCUT2D eigenvalue weighted by Gasteiger charge is 2.11. The van der Waals surface area contributed by atoms with E-state index in [9.17, 15) is 14.0 Å². The monoisotopic (exact) mass is 211 g/mol. The minimum absolute atomic E-state index is 0.0127. The van der Waals surface area contributed by atoms with Gasteiger partial charge in [0, 0.05) is 13.6 Å². The number of halogens is 1. The summed E-state index contributed by atoms with van der Waals surface area (Å²) in [5.41, 5.74) is 0.264. The largest absolute Gasteiger partial charge is 0.465 e. The molecule has 1 rings (SSSR count). The van der Waals surface area contributed by atoms with Crippen molar-refractivity contribution in [3.05, 3.63) is 35.1 Å². The molecule has 0 radical (unpaired) electrons. The van der Waals surface area contributed by atoms with Crippen molar-refractivity contribution in [3.63, 3.8) is 0 Å². The van der Waals surface area contributed by atoms with Crippen LogP contribution in [0.4, 0.5) is 9.18 Å². The van der Waals surface area contributed by atoms with Gasteiger partial charge >= 0.3 is 6.09 Å². The van der Waals surface area contributed by atoms with Crippen LogP contribution in [0.1, 0.15) is 15.9 Å². The zero-order chi connectivity index (χ0) is 11.4. The van der Waals surface area contributed by atoms with Crippen molar-refractivity contribution in [1.82, 2.24) is 4.90 Å². The van der Waals surface area contributed by atoms with E-state index in [4.69, 9.17) is 5.11 Å². The maximum Gasteiger partial charge on any atom is 0.407 e. The molecule has 80 valence electrons. The highest BCUT2D eigenvalue weighted by Crippen LogP contribution is 2.13. The van der Waals surface area contributed by atoms with Gasteiger partial charge in [-0.15, -0.1) is 0 Å². The van der Waals surface area contributed by atoms with Crippen molar-refractivity contribution in [2.24, 2.45) is 0 Å². The number of amides is 1. The molecular formula is C10H10FNO3. The molecule has 0 unspecified atom stereocenters. The van der Waals surface area contributed by atoms with Gasteiger partial charge in [0.05, 0.1) is 5.56 Å². The van der Waals surface area contributed by atoms with Gasteiger partial charge in [-0.3, -0.25) is 4.79 Å². The number of carboxylic acid groups (broad SMARTS) is 1. The summed E-state index contributed by atoms with van der Waals surface area (Å²) >= 11 is 0. The molecule has 0 heterocycles. The van der Waals surface area contributed by atoms with Gasteiger partial charge in [0.1, 0.15) is 5.82 Å². The Hall–Kier alpha value is -1.91. The second-order valence-electron chi connectivity index (χ2n) is 3.07. The van der Waals surface area contributed by atoms with Crippen LogP contribution >= 0.6 is 0 Å². The van der Waals surface area contributed by atoms with Gasteiger partial charge in [0.15, 0.2) is 6.29 Å². The molecule has 0 saturated heterocycles. The van der Waals surface area contributed by atoms with Crippen molar-refractivity contribution in [3.8, 4) is 0 Å². The third kappa shape index (κ3) is 2.52. The predicted octanol–water partition coefficient (Wildman–Crippen LogP) is 1.75. The first-order valence-electron chi connectivity index (χ1n) is 4.23. The lowest BCUT2D eigenvalue weighted by Gasteiger charge is -2.14. The van der Waals surface area contributed by atoms with Crippen LogP contribution in [0.3, 0.4) is 0 Å². The zero-order valence-corrected chi connectivity index (χ0v) is 8.11. The summed E-state index contributed by atoms with van der Waals surface area (Å²) in [6, 6.07) is 4.12. The van der Waals surface area contributed by atoms with Gasteiger partial charge in [-0.05, 0) is 11.6 Å². The molecule has 0 aromatic heterocycles. The number of carbonyl (C=O) groups is 2. The summed E-state index contributed by atoms with van der Waals surface area (Å²) < 4.78 is 13.1. The Morgan fingerprint density at radius 3 is 2.80 bits per heavy atom. The van der Waals surface area contributed by atoms with Crippen LogP contribution in [-0.4, -0.2) is 29.4 Å². The number of aldehydes is 1. The Morgan fingerprint density at radius 1 is 1.60 bits per heavy atom. The van der Waals surface area contributed by atoms with Crippen LogP contribution in [0.25, 0.3) is 0 Å². The molecule has 1 aromatic carbocycles. The second-order valence-corrected chi connectivity index (χ2v) is 3.07. The molecule has 0 saturated carbocycles. The van der Waals surface area contributed by atoms with E-state index in [1.165, 1.54) is 19.2 Å². The number of rotatable bonds is 3. The van der Waals surface area contributed by atoms with Crippen LogP contribution in [0, 0.1) is 5.82 Å². The van der Waals surface area contributed by atoms with Crippen molar-refractivity contribution in [2.75, 3.05) is 7.05 Å². The summed E-state index contributed by atoms with van der Waals surface area (Å²) in [4.78, 5) is 22.1. The fraction of sp³-hybridized carbons (Fsp3) is 0.200. The van der Waals surface area contributed by atoms with Crippen LogP contribution in [0.15, 0.2) is 18.2 Å². The maximum atomic E-state index is 13.1. The number of hydrogen-bond donors (Lipinski definition) is 1. The third-order valence-electron chi connectivity index (χ3n) is 2.00. The van der Waals surface area contributed by atoms with Gasteiger partial charge < -0.3 is 10.0 Å². The van der Waals surface area contributed by atoms with Gasteiger partial charge in [-0.2, -0.15) is 0 Å². The molecule has 0 aliphatic rings. The Morgan fingerprint density at radius 2 is 2.27 bits per heavy atom. The molecule has 1 N–H and O–H groups in total. The first-order chi connectivity index (χ1) is 7.06. The summed E-state index contributed by atoms with van der Waals surface area (Å²) in [6.45, 7) is -0.0127. The molecule has 1 aromatic rings. The SMILES string of the molecule is CN(Cc1cccc(F)c1C=O)C(=O)O. The molecule has 0 aliphatic heterocycles. The van der Waals surface area contributed by atoms with E-state index >= 15 is 0 Å². The molecule has 0 atom stereocenters. The van der Waals surface area contributed by atoms with E-state index < -0.39 is 11.9 Å². The lowest BCUT2D eigenvalue weighted by Crippen LogP contribution is -2.24. The highest BCUT2D eigenvalue weighted by atomic mass is 19.1. The fourth-order valence-electron chi connectivity index (χ4n) is 1.17. The van der Waals surface area contributed by atoms with Crippen molar-refractivity contribution in [1.29, 1.82) is 0 Å². The number of benzene rings is 1. The van der Waals surface area contributed by atoms with Crippen LogP contribution in [-0.2, 0) is 6.54 Å². The first kappa shape index (κ1) is 11.2. The first-order valence-corrected chi connectivity index (χ1v) is 4.23. The molecule has 0 fully saturated rings. The second kappa shape index (κ2) is 4.54. The minimum Gasteiger partial charge on any atom is -0.465 e. The summed E-state index contributed by atoms with van der Waals surface area (Å²) in [5.74, 6) is -0.638. The standard InChI is InChI=1S/C10H10FNO3/c1-12(10(14)15)5-7-3-2-4-9(11)8(7)6-13/h2-4,6H,5H2,1H3,(H,14,15). The average Bonchev–Trinajstić information content (AvgIpc) is 2.18. The lowest BCUT2D eigenvalue weighted by atomic mass is 10.1. The average molecular weight is 211 g/mol. The smallest absolute Gasteiger partial charge is 0.407 e. The molecular weight excluding hydrogens is 201 g/mol. The van der Waals surface area contributed by atoms with Crippen molar-refractivity contribution in [2.45, 2.75) is 6.54 Å². The maximum absolute atomic E-state index is 13.1. The van der Waals surface area contributed by atoms with Gasteiger partial charge in [-0.1, -0.05) is 12.1 Å². The molecule has 15 heavy (non-hydrogen) atoms. The Kier molecular flexibility index (Phi) is 3.38. The molecule has 1 amide bonds. The molecule has 0 aliphatic carbocycles. The Balaban J connectivity index is 2.99. The normalized spacial score (nSPS) is 9.73. The molecule has 4 nitrogen and oxygen atoms in total. The summed E-state index contributed by atoms with van der Waals surface area (Å²) in [7, 11) is 1.35. The molecule has 5 heteroatoms.